The molecule has 0 spiro atoms. The molecule has 0 heterocycles. The minimum Gasteiger partial charge on any atom is -0.211 e. The maximum absolute atomic E-state index is 10.2. The number of carbonyl (C=O) groups excluding carboxylic acids is 2. The SMILES string of the molecule is CCCCCCCC1C(CCCCC)CCC(CCCCCCCCCN=C=O)C1CCCCCCCCCN=C=O. The van der Waals surface area contributed by atoms with Crippen LogP contribution in [0.25, 0.3) is 0 Å². The fourth-order valence-corrected chi connectivity index (χ4v) is 7.84. The summed E-state index contributed by atoms with van der Waals surface area (Å²) in [6.45, 7) is 6.00. The lowest BCUT2D eigenvalue weighted by atomic mass is 9.61. The van der Waals surface area contributed by atoms with Crippen LogP contribution in [-0.4, -0.2) is 25.2 Å². The molecule has 0 amide bonds. The molecule has 1 saturated carbocycles. The molecule has 0 aromatic heterocycles. The van der Waals surface area contributed by atoms with Crippen molar-refractivity contribution in [2.24, 2.45) is 33.7 Å². The van der Waals surface area contributed by atoms with Crippen molar-refractivity contribution < 1.29 is 9.59 Å². The van der Waals surface area contributed by atoms with E-state index in [1.807, 2.05) is 0 Å². The minimum absolute atomic E-state index is 0.657. The highest BCUT2D eigenvalue weighted by molar-refractivity contribution is 5.32. The molecule has 4 nitrogen and oxygen atoms in total. The highest BCUT2D eigenvalue weighted by Gasteiger charge is 2.37. The number of isocyanates is 2. The summed E-state index contributed by atoms with van der Waals surface area (Å²) in [5.74, 6) is 3.90. The van der Waals surface area contributed by atoms with Crippen LogP contribution in [-0.2, 0) is 9.59 Å². The molecule has 1 fully saturated rings. The van der Waals surface area contributed by atoms with Crippen molar-refractivity contribution in [3.63, 3.8) is 0 Å². The van der Waals surface area contributed by atoms with Crippen molar-refractivity contribution in [2.45, 2.75) is 194 Å². The quantitative estimate of drug-likeness (QED) is 0.0477. The van der Waals surface area contributed by atoms with E-state index in [4.69, 9.17) is 0 Å². The lowest BCUT2D eigenvalue weighted by molar-refractivity contribution is 0.0581. The van der Waals surface area contributed by atoms with Gasteiger partial charge in [0, 0.05) is 0 Å². The summed E-state index contributed by atoms with van der Waals surface area (Å²) in [7, 11) is 0. The predicted molar refractivity (Wildman–Crippen MR) is 181 cm³/mol. The Bertz CT molecular complexity index is 683. The van der Waals surface area contributed by atoms with E-state index in [9.17, 15) is 9.59 Å². The molecule has 0 bridgehead atoms. The van der Waals surface area contributed by atoms with E-state index in [1.54, 1.807) is 12.2 Å². The first-order chi connectivity index (χ1) is 20.8. The van der Waals surface area contributed by atoms with E-state index in [0.29, 0.717) is 13.1 Å². The highest BCUT2D eigenvalue weighted by Crippen LogP contribution is 2.47. The van der Waals surface area contributed by atoms with Crippen molar-refractivity contribution in [1.82, 2.24) is 0 Å². The van der Waals surface area contributed by atoms with Gasteiger partial charge in [0.15, 0.2) is 0 Å². The molecule has 0 N–H and O–H groups in total. The highest BCUT2D eigenvalue weighted by atomic mass is 16.1. The average molecular weight is 587 g/mol. The van der Waals surface area contributed by atoms with Gasteiger partial charge in [-0.25, -0.2) is 19.6 Å². The molecule has 0 aromatic carbocycles. The average Bonchev–Trinajstić information content (AvgIpc) is 3.00. The predicted octanol–water partition coefficient (Wildman–Crippen LogP) is 12.1. The molecule has 1 aliphatic rings. The van der Waals surface area contributed by atoms with Crippen LogP contribution in [0.15, 0.2) is 9.98 Å². The Labute approximate surface area is 261 Å². The van der Waals surface area contributed by atoms with Gasteiger partial charge in [-0.15, -0.1) is 0 Å². The lowest BCUT2D eigenvalue weighted by Crippen LogP contribution is -2.35. The fourth-order valence-electron chi connectivity index (χ4n) is 7.84. The number of rotatable bonds is 30. The molecule has 244 valence electrons. The van der Waals surface area contributed by atoms with Crippen molar-refractivity contribution in [3.05, 3.63) is 0 Å². The maximum Gasteiger partial charge on any atom is 0.234 e. The monoisotopic (exact) mass is 587 g/mol. The van der Waals surface area contributed by atoms with Crippen molar-refractivity contribution in [1.29, 1.82) is 0 Å². The van der Waals surface area contributed by atoms with E-state index in [1.165, 1.54) is 167 Å². The summed E-state index contributed by atoms with van der Waals surface area (Å²) < 4.78 is 0. The molecular formula is C38H70N2O2. The maximum atomic E-state index is 10.2. The van der Waals surface area contributed by atoms with E-state index < -0.39 is 0 Å². The normalized spacial score (nSPS) is 20.2. The van der Waals surface area contributed by atoms with Crippen LogP contribution in [0.1, 0.15) is 194 Å². The topological polar surface area (TPSA) is 58.9 Å². The number of nitrogens with zero attached hydrogens (tertiary/aromatic N) is 2. The summed E-state index contributed by atoms with van der Waals surface area (Å²) in [4.78, 5) is 27.8. The fraction of sp³-hybridized carbons (Fsp3) is 0.947. The summed E-state index contributed by atoms with van der Waals surface area (Å²) in [6, 6.07) is 0. The van der Waals surface area contributed by atoms with E-state index >= 15 is 0 Å². The van der Waals surface area contributed by atoms with Gasteiger partial charge in [-0.05, 0) is 62.2 Å². The van der Waals surface area contributed by atoms with Crippen LogP contribution >= 0.6 is 0 Å². The van der Waals surface area contributed by atoms with Crippen LogP contribution in [0, 0.1) is 23.7 Å². The van der Waals surface area contributed by atoms with Crippen molar-refractivity contribution >= 4 is 12.2 Å². The number of unbranched alkanes of at least 4 members (excludes halogenated alkanes) is 18. The summed E-state index contributed by atoms with van der Waals surface area (Å²) in [6.07, 6.45) is 41.7. The standard InChI is InChI=1S/C38H70N2O2/c1-3-5-7-14-21-27-37-35(25-19-6-4-2)29-30-36(26-20-15-10-8-12-17-23-31-39-33-41)38(37)28-22-16-11-9-13-18-24-32-40-34-42/h35-38H,3-32H2,1-2H3. The molecular weight excluding hydrogens is 516 g/mol. The zero-order valence-electron chi connectivity index (χ0n) is 28.2. The third-order valence-electron chi connectivity index (χ3n) is 10.3. The Morgan fingerprint density at radius 1 is 0.429 bits per heavy atom. The smallest absolute Gasteiger partial charge is 0.211 e. The molecule has 4 atom stereocenters. The van der Waals surface area contributed by atoms with Gasteiger partial charge in [0.2, 0.25) is 12.2 Å². The van der Waals surface area contributed by atoms with Gasteiger partial charge in [0.25, 0.3) is 0 Å². The summed E-state index contributed by atoms with van der Waals surface area (Å²) >= 11 is 0. The molecule has 1 aliphatic carbocycles. The largest absolute Gasteiger partial charge is 0.234 e. The first-order valence-corrected chi connectivity index (χ1v) is 18.9. The zero-order chi connectivity index (χ0) is 30.4. The van der Waals surface area contributed by atoms with Gasteiger partial charge in [-0.3, -0.25) is 0 Å². The van der Waals surface area contributed by atoms with Crippen molar-refractivity contribution in [3.8, 4) is 0 Å². The molecule has 42 heavy (non-hydrogen) atoms. The minimum atomic E-state index is 0.657. The third kappa shape index (κ3) is 20.6. The molecule has 0 saturated heterocycles. The number of aliphatic imine (C=N–C) groups is 2. The third-order valence-corrected chi connectivity index (χ3v) is 10.3. The van der Waals surface area contributed by atoms with Crippen molar-refractivity contribution in [2.75, 3.05) is 13.1 Å². The van der Waals surface area contributed by atoms with Gasteiger partial charge in [0.05, 0.1) is 13.1 Å². The van der Waals surface area contributed by atoms with Gasteiger partial charge >= 0.3 is 0 Å². The van der Waals surface area contributed by atoms with Crippen LogP contribution in [0.3, 0.4) is 0 Å². The molecule has 1 rings (SSSR count). The van der Waals surface area contributed by atoms with E-state index in [2.05, 4.69) is 23.8 Å². The van der Waals surface area contributed by atoms with E-state index in [-0.39, 0.29) is 0 Å². The second-order valence-corrected chi connectivity index (χ2v) is 13.6. The lowest BCUT2D eigenvalue weighted by Gasteiger charge is -2.44. The molecule has 0 aliphatic heterocycles. The Morgan fingerprint density at radius 2 is 0.738 bits per heavy atom. The Hall–Kier alpha value is -1.24. The first kappa shape index (κ1) is 38.8. The van der Waals surface area contributed by atoms with Crippen LogP contribution in [0.5, 0.6) is 0 Å². The molecule has 0 aromatic rings. The van der Waals surface area contributed by atoms with Gasteiger partial charge in [-0.1, -0.05) is 155 Å². The first-order valence-electron chi connectivity index (χ1n) is 18.9. The van der Waals surface area contributed by atoms with Gasteiger partial charge in [0.1, 0.15) is 0 Å². The van der Waals surface area contributed by atoms with Crippen LogP contribution in [0.4, 0.5) is 0 Å². The molecule has 4 heteroatoms. The second kappa shape index (κ2) is 29.8. The van der Waals surface area contributed by atoms with Gasteiger partial charge < -0.3 is 0 Å². The zero-order valence-corrected chi connectivity index (χ0v) is 28.2. The second-order valence-electron chi connectivity index (χ2n) is 13.6. The van der Waals surface area contributed by atoms with E-state index in [0.717, 1.165) is 36.5 Å². The number of hydrogen-bond acceptors (Lipinski definition) is 4. The molecule has 0 radical (unpaired) electrons. The summed E-state index contributed by atoms with van der Waals surface area (Å²) in [5, 5.41) is 0. The Morgan fingerprint density at radius 3 is 1.14 bits per heavy atom. The van der Waals surface area contributed by atoms with Gasteiger partial charge in [-0.2, -0.15) is 0 Å². The summed E-state index contributed by atoms with van der Waals surface area (Å²) in [5.41, 5.74) is 0. The Kier molecular flexibility index (Phi) is 27.5. The number of hydrogen-bond donors (Lipinski definition) is 0. The van der Waals surface area contributed by atoms with Crippen LogP contribution in [0.2, 0.25) is 0 Å². The van der Waals surface area contributed by atoms with Crippen LogP contribution < -0.4 is 0 Å². The molecule has 4 unspecified atom stereocenters. The Balaban J connectivity index is 2.60.